The highest BCUT2D eigenvalue weighted by atomic mass is 79.9. The Morgan fingerprint density at radius 2 is 1.63 bits per heavy atom. The number of halogens is 2. The maximum absolute atomic E-state index is 3.63. The summed E-state index contributed by atoms with van der Waals surface area (Å²) < 4.78 is 2.22. The van der Waals surface area contributed by atoms with Crippen LogP contribution in [0.15, 0.2) is 51.4 Å². The molecule has 0 radical (unpaired) electrons. The largest absolute Gasteiger partial charge is 0.378 e. The lowest BCUT2D eigenvalue weighted by Crippen LogP contribution is -2.10. The highest BCUT2D eigenvalue weighted by molar-refractivity contribution is 9.10. The molecule has 0 heterocycles. The maximum atomic E-state index is 3.63. The van der Waals surface area contributed by atoms with E-state index in [0.717, 1.165) is 15.4 Å². The number of aryl methyl sites for hydroxylation is 1. The standard InChI is InChI=1S/C16H17Br2N/c1-3-15(12-5-8-13(17)9-6-12)19-16-10-14(18)7-4-11(16)2/h4-10,15,19H,3H2,1-2H3. The molecule has 0 aliphatic carbocycles. The highest BCUT2D eigenvalue weighted by Crippen LogP contribution is 2.27. The van der Waals surface area contributed by atoms with E-state index in [2.05, 4.69) is 93.5 Å². The lowest BCUT2D eigenvalue weighted by Gasteiger charge is -2.20. The quantitative estimate of drug-likeness (QED) is 0.675. The van der Waals surface area contributed by atoms with Crippen molar-refractivity contribution in [3.63, 3.8) is 0 Å². The molecular formula is C16H17Br2N. The molecule has 0 bridgehead atoms. The lowest BCUT2D eigenvalue weighted by atomic mass is 10.0. The average Bonchev–Trinajstić information content (AvgIpc) is 2.41. The number of anilines is 1. The van der Waals surface area contributed by atoms with Gasteiger partial charge in [-0.2, -0.15) is 0 Å². The first kappa shape index (κ1) is 14.6. The van der Waals surface area contributed by atoms with Crippen LogP contribution < -0.4 is 5.32 Å². The van der Waals surface area contributed by atoms with Gasteiger partial charge in [-0.05, 0) is 48.7 Å². The molecule has 0 spiro atoms. The summed E-state index contributed by atoms with van der Waals surface area (Å²) in [6, 6.07) is 15.2. The second-order valence-electron chi connectivity index (χ2n) is 4.62. The summed E-state index contributed by atoms with van der Waals surface area (Å²) in [5.41, 5.74) is 3.76. The predicted octanol–water partition coefficient (Wildman–Crippen LogP) is 6.08. The Labute approximate surface area is 131 Å². The van der Waals surface area contributed by atoms with Gasteiger partial charge < -0.3 is 5.32 Å². The third kappa shape index (κ3) is 3.83. The van der Waals surface area contributed by atoms with Crippen molar-refractivity contribution in [2.45, 2.75) is 26.3 Å². The molecule has 1 atom stereocenters. The van der Waals surface area contributed by atoms with Crippen LogP contribution >= 0.6 is 31.9 Å². The molecule has 0 aliphatic heterocycles. The average molecular weight is 383 g/mol. The van der Waals surface area contributed by atoms with E-state index in [0.29, 0.717) is 6.04 Å². The third-order valence-corrected chi connectivity index (χ3v) is 4.23. The molecule has 0 saturated carbocycles. The van der Waals surface area contributed by atoms with Crippen LogP contribution in [-0.2, 0) is 0 Å². The Morgan fingerprint density at radius 3 is 2.26 bits per heavy atom. The summed E-state index contributed by atoms with van der Waals surface area (Å²) >= 11 is 7.01. The van der Waals surface area contributed by atoms with Gasteiger partial charge in [0.2, 0.25) is 0 Å². The second-order valence-corrected chi connectivity index (χ2v) is 6.45. The summed E-state index contributed by atoms with van der Waals surface area (Å²) in [6.45, 7) is 4.33. The van der Waals surface area contributed by atoms with E-state index in [1.165, 1.54) is 16.8 Å². The minimum absolute atomic E-state index is 0.334. The van der Waals surface area contributed by atoms with E-state index < -0.39 is 0 Å². The molecule has 2 aromatic carbocycles. The van der Waals surface area contributed by atoms with Gasteiger partial charge in [0.1, 0.15) is 0 Å². The molecule has 19 heavy (non-hydrogen) atoms. The number of hydrogen-bond donors (Lipinski definition) is 1. The zero-order valence-corrected chi connectivity index (χ0v) is 14.3. The lowest BCUT2D eigenvalue weighted by molar-refractivity contribution is 0.748. The van der Waals surface area contributed by atoms with E-state index in [1.54, 1.807) is 0 Å². The molecule has 0 aliphatic rings. The van der Waals surface area contributed by atoms with E-state index in [4.69, 9.17) is 0 Å². The summed E-state index contributed by atoms with van der Waals surface area (Å²) in [7, 11) is 0. The molecule has 3 heteroatoms. The van der Waals surface area contributed by atoms with Crippen molar-refractivity contribution >= 4 is 37.5 Å². The van der Waals surface area contributed by atoms with Crippen molar-refractivity contribution in [2.75, 3.05) is 5.32 Å². The first-order valence-corrected chi connectivity index (χ1v) is 7.97. The fourth-order valence-corrected chi connectivity index (χ4v) is 2.68. The molecule has 2 aromatic rings. The van der Waals surface area contributed by atoms with Crippen LogP contribution in [0.1, 0.15) is 30.5 Å². The van der Waals surface area contributed by atoms with E-state index in [9.17, 15) is 0 Å². The fourth-order valence-electron chi connectivity index (χ4n) is 2.05. The van der Waals surface area contributed by atoms with Crippen molar-refractivity contribution in [2.24, 2.45) is 0 Å². The molecule has 0 saturated heterocycles. The number of nitrogens with one attached hydrogen (secondary N) is 1. The normalized spacial score (nSPS) is 12.2. The van der Waals surface area contributed by atoms with Gasteiger partial charge in [0.05, 0.1) is 6.04 Å². The predicted molar refractivity (Wildman–Crippen MR) is 89.7 cm³/mol. The summed E-state index contributed by atoms with van der Waals surface area (Å²) in [5, 5.41) is 3.63. The van der Waals surface area contributed by atoms with Gasteiger partial charge in [-0.25, -0.2) is 0 Å². The summed E-state index contributed by atoms with van der Waals surface area (Å²) in [5.74, 6) is 0. The van der Waals surface area contributed by atoms with Crippen LogP contribution in [0.4, 0.5) is 5.69 Å². The first-order chi connectivity index (χ1) is 9.10. The zero-order valence-electron chi connectivity index (χ0n) is 11.1. The van der Waals surface area contributed by atoms with E-state index in [1.807, 2.05) is 0 Å². The molecule has 2 rings (SSSR count). The molecule has 1 nitrogen and oxygen atoms in total. The second kappa shape index (κ2) is 6.58. The van der Waals surface area contributed by atoms with Crippen molar-refractivity contribution in [3.05, 3.63) is 62.5 Å². The maximum Gasteiger partial charge on any atom is 0.0511 e. The third-order valence-electron chi connectivity index (χ3n) is 3.21. The zero-order chi connectivity index (χ0) is 13.8. The summed E-state index contributed by atoms with van der Waals surface area (Å²) in [6.07, 6.45) is 1.05. The number of rotatable bonds is 4. The smallest absolute Gasteiger partial charge is 0.0511 e. The minimum Gasteiger partial charge on any atom is -0.378 e. The Kier molecular flexibility index (Phi) is 5.06. The molecule has 0 fully saturated rings. The van der Waals surface area contributed by atoms with Crippen molar-refractivity contribution < 1.29 is 0 Å². The number of benzene rings is 2. The first-order valence-electron chi connectivity index (χ1n) is 6.38. The molecule has 0 aromatic heterocycles. The van der Waals surface area contributed by atoms with Gasteiger partial charge in [0, 0.05) is 14.6 Å². The Hall–Kier alpha value is -0.800. The van der Waals surface area contributed by atoms with Crippen molar-refractivity contribution in [1.82, 2.24) is 0 Å². The van der Waals surface area contributed by atoms with Gasteiger partial charge in [-0.15, -0.1) is 0 Å². The van der Waals surface area contributed by atoms with Crippen LogP contribution in [0.3, 0.4) is 0 Å². The Bertz CT molecular complexity index is 549. The molecule has 1 unspecified atom stereocenters. The monoisotopic (exact) mass is 381 g/mol. The highest BCUT2D eigenvalue weighted by Gasteiger charge is 2.10. The summed E-state index contributed by atoms with van der Waals surface area (Å²) in [4.78, 5) is 0. The van der Waals surface area contributed by atoms with E-state index >= 15 is 0 Å². The van der Waals surface area contributed by atoms with Gasteiger partial charge in [0.25, 0.3) is 0 Å². The van der Waals surface area contributed by atoms with Gasteiger partial charge in [0.15, 0.2) is 0 Å². The topological polar surface area (TPSA) is 12.0 Å². The van der Waals surface area contributed by atoms with Crippen LogP contribution in [-0.4, -0.2) is 0 Å². The van der Waals surface area contributed by atoms with E-state index in [-0.39, 0.29) is 0 Å². The molecule has 100 valence electrons. The van der Waals surface area contributed by atoms with Crippen LogP contribution in [0, 0.1) is 6.92 Å². The fraction of sp³-hybridized carbons (Fsp3) is 0.250. The van der Waals surface area contributed by atoms with Crippen LogP contribution in [0.25, 0.3) is 0 Å². The molecule has 0 amide bonds. The van der Waals surface area contributed by atoms with Gasteiger partial charge in [-0.1, -0.05) is 57.0 Å². The van der Waals surface area contributed by atoms with Crippen molar-refractivity contribution in [3.8, 4) is 0 Å². The Morgan fingerprint density at radius 1 is 1.00 bits per heavy atom. The van der Waals surface area contributed by atoms with Crippen molar-refractivity contribution in [1.29, 1.82) is 0 Å². The molecular weight excluding hydrogens is 366 g/mol. The van der Waals surface area contributed by atoms with Crippen LogP contribution in [0.2, 0.25) is 0 Å². The molecule has 1 N–H and O–H groups in total. The van der Waals surface area contributed by atoms with Gasteiger partial charge in [-0.3, -0.25) is 0 Å². The SMILES string of the molecule is CCC(Nc1cc(Br)ccc1C)c1ccc(Br)cc1. The Balaban J connectivity index is 2.23. The number of hydrogen-bond acceptors (Lipinski definition) is 1. The minimum atomic E-state index is 0.334. The van der Waals surface area contributed by atoms with Crippen LogP contribution in [0.5, 0.6) is 0 Å². The van der Waals surface area contributed by atoms with Gasteiger partial charge >= 0.3 is 0 Å².